The molecule has 462 valence electrons. The highest BCUT2D eigenvalue weighted by atomic mass is 16.3. The van der Waals surface area contributed by atoms with Crippen LogP contribution in [0.3, 0.4) is 0 Å². The fourth-order valence-electron chi connectivity index (χ4n) is 15.1. The Balaban J connectivity index is 0.975. The summed E-state index contributed by atoms with van der Waals surface area (Å²) in [7, 11) is 0. The van der Waals surface area contributed by atoms with Crippen molar-refractivity contribution < 1.29 is 19.8 Å². The number of fused-ring (bicyclic) bond motifs is 13. The smallest absolute Gasteiger partial charge is 0.252 e. The molecule has 16 aromatic rings. The van der Waals surface area contributed by atoms with Crippen LogP contribution in [0.25, 0.3) is 116 Å². The van der Waals surface area contributed by atoms with Gasteiger partial charge in [0.05, 0.1) is 33.4 Å². The Kier molecular flexibility index (Phi) is 10.9. The average Bonchev–Trinajstić information content (AvgIpc) is 1.14. The van der Waals surface area contributed by atoms with Gasteiger partial charge in [0.2, 0.25) is 0 Å². The predicted molar refractivity (Wildman–Crippen MR) is 407 cm³/mol. The van der Waals surface area contributed by atoms with Crippen LogP contribution in [0.15, 0.2) is 282 Å². The van der Waals surface area contributed by atoms with E-state index in [9.17, 15) is 5.48 Å². The lowest BCUT2D eigenvalue weighted by molar-refractivity contribution is 0.569. The second-order valence-electron chi connectivity index (χ2n) is 29.1. The summed E-state index contributed by atoms with van der Waals surface area (Å²) in [6.45, 7) is 20.0. The molecule has 0 saturated heterocycles. The van der Waals surface area contributed by atoms with E-state index < -0.39 is 48.4 Å². The number of hydrogen-bond donors (Lipinski definition) is 0. The minimum atomic E-state index is -0.497. The summed E-state index contributed by atoms with van der Waals surface area (Å²) in [5.41, 5.74) is 22.6. The van der Waals surface area contributed by atoms with E-state index >= 15 is 0 Å². The standard InChI is InChI=1S/C90H72BN3O2/c1-88(2,3)60-47-59(48-61(51-60)89(4,5)6)58-41-44-73-79(50-58)94(78-39-24-36-71-70-35-23-34-69(86(70)96-87(71)78)68-33-22-32-67-66-31-18-21-40-83(66)95-85(67)68)82-53-62(90(7,8)9)52-81-84(82)91(73)74-45-43-63(92-75-37-19-16-29-64(75)65-30-17-20-38-76(65)92)54-80(74)93(81)77-46-42-57(55-25-12-10-13-26-55)49-72(77)56-27-14-11-15-28-56/h10-54H,1-9H3/i16D,17D,19D,20D,29D,30D,37D,38D. The zero-order chi connectivity index (χ0) is 72.1. The SMILES string of the molecule is [2H]c1c([2H])c([2H])c2c(c1[2H])c1c([2H])c([2H])c([2H])c([2H])c1n2-c1ccc2c(c1)N(c1ccc(-c3ccccc3)cc1-c1ccccc1)c1cc(C(C)(C)C)cc3c1B2c1ccc(-c2cc(C(C)(C)C)cc(C(C)(C)C)c2)cc1N3c1cccc2c1oc1c(-c3cccc4c3oc3ccccc34)cccc12. The molecule has 0 atom stereocenters. The lowest BCUT2D eigenvalue weighted by atomic mass is 9.33. The second kappa shape index (κ2) is 21.2. The quantitative estimate of drug-likeness (QED) is 0.149. The molecule has 13 aromatic carbocycles. The summed E-state index contributed by atoms with van der Waals surface area (Å²) in [6.07, 6.45) is 0. The fourth-order valence-corrected chi connectivity index (χ4v) is 15.1. The van der Waals surface area contributed by atoms with Gasteiger partial charge in [-0.05, 0) is 144 Å². The van der Waals surface area contributed by atoms with Gasteiger partial charge >= 0.3 is 0 Å². The van der Waals surface area contributed by atoms with E-state index in [4.69, 9.17) is 14.3 Å². The topological polar surface area (TPSA) is 37.7 Å². The van der Waals surface area contributed by atoms with E-state index in [1.54, 1.807) is 4.57 Å². The third-order valence-corrected chi connectivity index (χ3v) is 20.1. The van der Waals surface area contributed by atoms with Crippen LogP contribution in [0.4, 0.5) is 34.1 Å². The van der Waals surface area contributed by atoms with Gasteiger partial charge in [-0.1, -0.05) is 268 Å². The summed E-state index contributed by atoms with van der Waals surface area (Å²) >= 11 is 0. The molecule has 0 amide bonds. The van der Waals surface area contributed by atoms with Crippen molar-refractivity contribution in [1.29, 1.82) is 0 Å². The minimum Gasteiger partial charge on any atom is -0.455 e. The number of rotatable bonds is 7. The lowest BCUT2D eigenvalue weighted by Crippen LogP contribution is -2.61. The molecule has 0 aliphatic carbocycles. The van der Waals surface area contributed by atoms with Crippen LogP contribution in [0.2, 0.25) is 0 Å². The van der Waals surface area contributed by atoms with Crippen molar-refractivity contribution in [2.24, 2.45) is 0 Å². The number of nitrogens with zero attached hydrogens (tertiary/aromatic N) is 3. The number of benzene rings is 13. The van der Waals surface area contributed by atoms with Crippen molar-refractivity contribution in [3.05, 3.63) is 289 Å². The third-order valence-electron chi connectivity index (χ3n) is 20.1. The molecule has 0 fully saturated rings. The van der Waals surface area contributed by atoms with Crippen LogP contribution in [-0.2, 0) is 16.2 Å². The van der Waals surface area contributed by atoms with Crippen LogP contribution < -0.4 is 26.2 Å². The molecular weight excluding hydrogens is 1170 g/mol. The van der Waals surface area contributed by atoms with Crippen molar-refractivity contribution in [3.8, 4) is 50.2 Å². The normalized spacial score (nSPS) is 14.4. The summed E-state index contributed by atoms with van der Waals surface area (Å²) in [5, 5.41) is 4.02. The first-order valence-corrected chi connectivity index (χ1v) is 33.2. The van der Waals surface area contributed by atoms with Gasteiger partial charge in [0.25, 0.3) is 6.71 Å². The Bertz CT molecular complexity index is 6260. The number of anilines is 6. The van der Waals surface area contributed by atoms with Gasteiger partial charge in [-0.25, -0.2) is 0 Å². The number of furan rings is 2. The maximum atomic E-state index is 9.71. The molecule has 0 saturated carbocycles. The second-order valence-corrected chi connectivity index (χ2v) is 29.1. The monoisotopic (exact) mass is 1250 g/mol. The summed E-state index contributed by atoms with van der Waals surface area (Å²) in [4.78, 5) is 4.83. The zero-order valence-electron chi connectivity index (χ0n) is 63.1. The lowest BCUT2D eigenvalue weighted by Gasteiger charge is -2.45. The molecule has 18 rings (SSSR count). The van der Waals surface area contributed by atoms with Crippen LogP contribution in [0.5, 0.6) is 0 Å². The molecule has 2 aliphatic heterocycles. The highest BCUT2D eigenvalue weighted by Crippen LogP contribution is 2.53. The average molecular weight is 1250 g/mol. The maximum absolute atomic E-state index is 9.71. The van der Waals surface area contributed by atoms with Crippen LogP contribution in [0.1, 0.15) is 90.0 Å². The maximum Gasteiger partial charge on any atom is 0.252 e. The van der Waals surface area contributed by atoms with Crippen molar-refractivity contribution in [3.63, 3.8) is 0 Å². The molecular formula is C90H72BN3O2. The Labute approximate surface area is 572 Å². The van der Waals surface area contributed by atoms with Crippen molar-refractivity contribution >= 4 is 123 Å². The van der Waals surface area contributed by atoms with E-state index in [1.165, 1.54) is 11.1 Å². The van der Waals surface area contributed by atoms with Crippen LogP contribution in [-0.4, -0.2) is 11.3 Å². The predicted octanol–water partition coefficient (Wildman–Crippen LogP) is 23.2. The van der Waals surface area contributed by atoms with E-state index in [1.807, 2.05) is 36.4 Å². The molecule has 0 unspecified atom stereocenters. The van der Waals surface area contributed by atoms with Gasteiger partial charge in [0.15, 0.2) is 5.58 Å². The van der Waals surface area contributed by atoms with Gasteiger partial charge in [0, 0.05) is 77.4 Å². The third kappa shape index (κ3) is 8.98. The summed E-state index contributed by atoms with van der Waals surface area (Å²) in [6, 6.07) is 76.4. The Morgan fingerprint density at radius 1 is 0.323 bits per heavy atom. The number of para-hydroxylation sites is 6. The molecule has 3 aromatic heterocycles. The molecule has 0 bridgehead atoms. The number of aromatic nitrogens is 1. The van der Waals surface area contributed by atoms with Crippen LogP contribution in [0, 0.1) is 0 Å². The Morgan fingerprint density at radius 2 is 0.823 bits per heavy atom. The highest BCUT2D eigenvalue weighted by Gasteiger charge is 2.46. The van der Waals surface area contributed by atoms with Crippen LogP contribution >= 0.6 is 0 Å². The fraction of sp³-hybridized carbons (Fsp3) is 0.133. The van der Waals surface area contributed by atoms with Gasteiger partial charge in [-0.3, -0.25) is 0 Å². The highest BCUT2D eigenvalue weighted by molar-refractivity contribution is 7.00. The van der Waals surface area contributed by atoms with Crippen molar-refractivity contribution in [1.82, 2.24) is 4.57 Å². The van der Waals surface area contributed by atoms with Crippen molar-refractivity contribution in [2.45, 2.75) is 78.6 Å². The Morgan fingerprint density at radius 3 is 1.47 bits per heavy atom. The molecule has 6 heteroatoms. The molecule has 5 nitrogen and oxygen atoms in total. The molecule has 0 spiro atoms. The largest absolute Gasteiger partial charge is 0.455 e. The molecule has 2 aliphatic rings. The van der Waals surface area contributed by atoms with E-state index in [2.05, 4.69) is 260 Å². The van der Waals surface area contributed by atoms with E-state index in [0.717, 1.165) is 139 Å². The minimum absolute atomic E-state index is 0.0132. The molecule has 5 heterocycles. The summed E-state index contributed by atoms with van der Waals surface area (Å²) < 4.78 is 90.6. The molecule has 0 radical (unpaired) electrons. The van der Waals surface area contributed by atoms with E-state index in [0.29, 0.717) is 11.3 Å². The van der Waals surface area contributed by atoms with Gasteiger partial charge in [-0.15, -0.1) is 0 Å². The van der Waals surface area contributed by atoms with Gasteiger partial charge < -0.3 is 23.2 Å². The first-order valence-electron chi connectivity index (χ1n) is 37.2. The zero-order valence-corrected chi connectivity index (χ0v) is 55.1. The van der Waals surface area contributed by atoms with Crippen molar-refractivity contribution in [2.75, 3.05) is 9.80 Å². The first kappa shape index (κ1) is 49.5. The molecule has 0 N–H and O–H groups in total. The van der Waals surface area contributed by atoms with Gasteiger partial charge in [-0.2, -0.15) is 0 Å². The Hall–Kier alpha value is -11.1. The number of hydrogen-bond acceptors (Lipinski definition) is 4. The summed E-state index contributed by atoms with van der Waals surface area (Å²) in [5.74, 6) is 0. The first-order chi connectivity index (χ1) is 49.8. The van der Waals surface area contributed by atoms with E-state index in [-0.39, 0.29) is 44.7 Å². The molecule has 96 heavy (non-hydrogen) atoms. The van der Waals surface area contributed by atoms with Gasteiger partial charge in [0.1, 0.15) is 16.7 Å².